The molecule has 0 N–H and O–H groups in total. The van der Waals surface area contributed by atoms with Crippen LogP contribution in [0.1, 0.15) is 5.56 Å². The predicted octanol–water partition coefficient (Wildman–Crippen LogP) is 7.09. The van der Waals surface area contributed by atoms with Gasteiger partial charge in [0.1, 0.15) is 11.6 Å². The normalized spacial score (nSPS) is 14.1. The zero-order chi connectivity index (χ0) is 28.9. The van der Waals surface area contributed by atoms with E-state index in [1.54, 1.807) is 24.5 Å². The molecule has 6 rings (SSSR count). The molecule has 0 saturated carbocycles. The molecule has 5 aromatic rings. The number of nitrogens with zero attached hydrogens (tertiary/aromatic N) is 5. The van der Waals surface area contributed by atoms with E-state index in [1.165, 1.54) is 17.7 Å². The first-order chi connectivity index (χ1) is 20.4. The third-order valence-electron chi connectivity index (χ3n) is 7.15. The first-order valence-electron chi connectivity index (χ1n) is 13.7. The lowest BCUT2D eigenvalue weighted by atomic mass is 10.0. The number of pyridine rings is 1. The highest BCUT2D eigenvalue weighted by molar-refractivity contribution is 5.73. The number of halogens is 3. The summed E-state index contributed by atoms with van der Waals surface area (Å²) in [6, 6.07) is 30.0. The molecule has 1 aliphatic heterocycles. The Hall–Kier alpha value is -4.76. The van der Waals surface area contributed by atoms with Crippen molar-refractivity contribution in [2.45, 2.75) is 12.9 Å². The molecule has 42 heavy (non-hydrogen) atoms. The van der Waals surface area contributed by atoms with Crippen molar-refractivity contribution in [2.24, 2.45) is 0 Å². The van der Waals surface area contributed by atoms with Crippen molar-refractivity contribution in [2.75, 3.05) is 31.1 Å². The molecule has 3 heterocycles. The van der Waals surface area contributed by atoms with Crippen molar-refractivity contribution in [1.29, 1.82) is 0 Å². The summed E-state index contributed by atoms with van der Waals surface area (Å²) in [5.41, 5.74) is 5.18. The van der Waals surface area contributed by atoms with E-state index in [-0.39, 0.29) is 5.75 Å². The van der Waals surface area contributed by atoms with Gasteiger partial charge in [0.15, 0.2) is 5.82 Å². The van der Waals surface area contributed by atoms with Crippen LogP contribution >= 0.6 is 0 Å². The maximum Gasteiger partial charge on any atom is 0.573 e. The van der Waals surface area contributed by atoms with E-state index in [1.807, 2.05) is 48.5 Å². The zero-order valence-electron chi connectivity index (χ0n) is 22.7. The molecule has 0 amide bonds. The molecule has 2 aromatic heterocycles. The maximum absolute atomic E-state index is 12.6. The fourth-order valence-electron chi connectivity index (χ4n) is 5.02. The number of aromatic nitrogens is 3. The van der Waals surface area contributed by atoms with Crippen LogP contribution < -0.4 is 9.64 Å². The Morgan fingerprint density at radius 3 is 2.02 bits per heavy atom. The summed E-state index contributed by atoms with van der Waals surface area (Å²) in [4.78, 5) is 19.0. The van der Waals surface area contributed by atoms with Crippen LogP contribution in [0.4, 0.5) is 19.0 Å². The van der Waals surface area contributed by atoms with E-state index in [0.29, 0.717) is 11.4 Å². The number of benzene rings is 3. The number of rotatable bonds is 7. The number of piperazine rings is 1. The summed E-state index contributed by atoms with van der Waals surface area (Å²) in [6.45, 7) is 4.42. The van der Waals surface area contributed by atoms with Crippen molar-refractivity contribution in [1.82, 2.24) is 19.9 Å². The molecule has 6 nitrogen and oxygen atoms in total. The molecular weight excluding hydrogens is 539 g/mol. The summed E-state index contributed by atoms with van der Waals surface area (Å²) in [5.74, 6) is 1.19. The second kappa shape index (κ2) is 12.0. The Morgan fingerprint density at radius 1 is 0.667 bits per heavy atom. The highest BCUT2D eigenvalue weighted by Crippen LogP contribution is 2.31. The Morgan fingerprint density at radius 2 is 1.33 bits per heavy atom. The second-order valence-electron chi connectivity index (χ2n) is 10.1. The highest BCUT2D eigenvalue weighted by Gasteiger charge is 2.31. The van der Waals surface area contributed by atoms with E-state index in [9.17, 15) is 13.2 Å². The van der Waals surface area contributed by atoms with Gasteiger partial charge in [-0.05, 0) is 29.3 Å². The number of ether oxygens (including phenoxy) is 1. The molecule has 0 atom stereocenters. The van der Waals surface area contributed by atoms with Gasteiger partial charge in [-0.3, -0.25) is 9.88 Å². The number of hydrogen-bond acceptors (Lipinski definition) is 6. The summed E-state index contributed by atoms with van der Waals surface area (Å²) in [6.07, 6.45) is -1.32. The SMILES string of the molecule is FC(F)(F)Oc1ccc(-c2cncc(-c3cc(N4CCN(Cc5ccccc5)CC4)nc(-c4ccccc4)n3)c2)cc1. The smallest absolute Gasteiger partial charge is 0.406 e. The number of anilines is 1. The Bertz CT molecular complexity index is 1620. The summed E-state index contributed by atoms with van der Waals surface area (Å²) in [7, 11) is 0. The van der Waals surface area contributed by atoms with Gasteiger partial charge in [0.2, 0.25) is 0 Å². The number of hydrogen-bond donors (Lipinski definition) is 0. The molecular formula is C33H28F3N5O. The fourth-order valence-corrected chi connectivity index (χ4v) is 5.02. The second-order valence-corrected chi connectivity index (χ2v) is 10.1. The van der Waals surface area contributed by atoms with E-state index in [0.717, 1.165) is 60.9 Å². The third kappa shape index (κ3) is 6.75. The van der Waals surface area contributed by atoms with Crippen LogP contribution in [0, 0.1) is 0 Å². The average Bonchev–Trinajstić information content (AvgIpc) is 3.02. The van der Waals surface area contributed by atoms with Crippen molar-refractivity contribution in [3.63, 3.8) is 0 Å². The molecule has 0 aliphatic carbocycles. The summed E-state index contributed by atoms with van der Waals surface area (Å²) >= 11 is 0. The van der Waals surface area contributed by atoms with Crippen molar-refractivity contribution in [3.8, 4) is 39.5 Å². The van der Waals surface area contributed by atoms with E-state index in [2.05, 4.69) is 43.8 Å². The van der Waals surface area contributed by atoms with Crippen LogP contribution in [0.25, 0.3) is 33.8 Å². The average molecular weight is 568 g/mol. The molecule has 212 valence electrons. The van der Waals surface area contributed by atoms with Crippen LogP contribution in [-0.2, 0) is 6.54 Å². The van der Waals surface area contributed by atoms with Gasteiger partial charge in [-0.1, -0.05) is 72.8 Å². The molecule has 0 unspecified atom stereocenters. The van der Waals surface area contributed by atoms with Crippen LogP contribution in [0.3, 0.4) is 0 Å². The van der Waals surface area contributed by atoms with Gasteiger partial charge >= 0.3 is 6.36 Å². The standard InChI is InChI=1S/C33H28F3N5O/c34-33(35,36)42-29-13-11-25(12-14-29)27-19-28(22-37-21-27)30-20-31(39-32(38-30)26-9-5-2-6-10-26)41-17-15-40(16-18-41)23-24-7-3-1-4-8-24/h1-14,19-22H,15-18,23H2. The van der Waals surface area contributed by atoms with Crippen LogP contribution in [0.2, 0.25) is 0 Å². The van der Waals surface area contributed by atoms with Crippen LogP contribution in [-0.4, -0.2) is 52.4 Å². The summed E-state index contributed by atoms with van der Waals surface area (Å²) in [5, 5.41) is 0. The molecule has 1 aliphatic rings. The Balaban J connectivity index is 1.27. The Kier molecular flexibility index (Phi) is 7.83. The van der Waals surface area contributed by atoms with Crippen LogP contribution in [0.15, 0.2) is 109 Å². The molecule has 9 heteroatoms. The molecule has 0 radical (unpaired) electrons. The van der Waals surface area contributed by atoms with Gasteiger partial charge in [-0.25, -0.2) is 9.97 Å². The van der Waals surface area contributed by atoms with Crippen molar-refractivity contribution in [3.05, 3.63) is 115 Å². The van der Waals surface area contributed by atoms with E-state index < -0.39 is 6.36 Å². The topological polar surface area (TPSA) is 54.4 Å². The van der Waals surface area contributed by atoms with Gasteiger partial charge < -0.3 is 9.64 Å². The molecule has 1 saturated heterocycles. The lowest BCUT2D eigenvalue weighted by molar-refractivity contribution is -0.274. The van der Waals surface area contributed by atoms with E-state index in [4.69, 9.17) is 9.97 Å². The van der Waals surface area contributed by atoms with Gasteiger partial charge in [0.05, 0.1) is 5.69 Å². The van der Waals surface area contributed by atoms with E-state index >= 15 is 0 Å². The fraction of sp³-hybridized carbons (Fsp3) is 0.182. The molecule has 0 spiro atoms. The quantitative estimate of drug-likeness (QED) is 0.209. The molecule has 1 fully saturated rings. The maximum atomic E-state index is 12.6. The predicted molar refractivity (Wildman–Crippen MR) is 157 cm³/mol. The first kappa shape index (κ1) is 27.4. The minimum atomic E-state index is -4.74. The minimum absolute atomic E-state index is 0.271. The zero-order valence-corrected chi connectivity index (χ0v) is 22.7. The third-order valence-corrected chi connectivity index (χ3v) is 7.15. The molecule has 0 bridgehead atoms. The first-order valence-corrected chi connectivity index (χ1v) is 13.7. The largest absolute Gasteiger partial charge is 0.573 e. The van der Waals surface area contributed by atoms with Gasteiger partial charge in [0.25, 0.3) is 0 Å². The highest BCUT2D eigenvalue weighted by atomic mass is 19.4. The van der Waals surface area contributed by atoms with Gasteiger partial charge in [-0.2, -0.15) is 0 Å². The monoisotopic (exact) mass is 567 g/mol. The minimum Gasteiger partial charge on any atom is -0.406 e. The van der Waals surface area contributed by atoms with Crippen LogP contribution in [0.5, 0.6) is 5.75 Å². The van der Waals surface area contributed by atoms with Crippen molar-refractivity contribution >= 4 is 5.82 Å². The van der Waals surface area contributed by atoms with Gasteiger partial charge in [-0.15, -0.1) is 13.2 Å². The molecule has 3 aromatic carbocycles. The van der Waals surface area contributed by atoms with Crippen molar-refractivity contribution < 1.29 is 17.9 Å². The Labute approximate surface area is 242 Å². The van der Waals surface area contributed by atoms with Gasteiger partial charge in [0, 0.05) is 67.9 Å². The summed E-state index contributed by atoms with van der Waals surface area (Å²) < 4.78 is 41.8. The lowest BCUT2D eigenvalue weighted by Crippen LogP contribution is -2.46. The number of alkyl halides is 3. The lowest BCUT2D eigenvalue weighted by Gasteiger charge is -2.35.